The molecule has 1 fully saturated rings. The molecule has 1 aliphatic heterocycles. The number of hydrogen-bond donors (Lipinski definition) is 0. The Hall–Kier alpha value is -2.41. The molecule has 0 spiro atoms. The van der Waals surface area contributed by atoms with Crippen LogP contribution in [0.4, 0.5) is 13.2 Å². The minimum Gasteiger partial charge on any atom is -0.341 e. The van der Waals surface area contributed by atoms with E-state index in [0.717, 1.165) is 38.5 Å². The lowest BCUT2D eigenvalue weighted by Gasteiger charge is -2.34. The van der Waals surface area contributed by atoms with Gasteiger partial charge in [-0.15, -0.1) is 0 Å². The molecule has 3 rings (SSSR count). The van der Waals surface area contributed by atoms with Gasteiger partial charge in [-0.05, 0) is 62.0 Å². The van der Waals surface area contributed by atoms with Crippen molar-refractivity contribution in [3.63, 3.8) is 0 Å². The average molecular weight is 405 g/mol. The van der Waals surface area contributed by atoms with Crippen LogP contribution >= 0.6 is 0 Å². The van der Waals surface area contributed by atoms with Crippen molar-refractivity contribution >= 4 is 5.91 Å². The maximum atomic E-state index is 12.8. The van der Waals surface area contributed by atoms with Crippen molar-refractivity contribution in [3.05, 3.63) is 65.5 Å². The second-order valence-corrected chi connectivity index (χ2v) is 7.66. The standard InChI is InChI=1S/C22H26F3N3O/c1-27(21(29)19-5-3-10-26-15-19)16-18-8-12-28(13-9-18)11-7-17-4-2-6-20(14-17)22(23,24)25/h2-6,10,14-15,18H,7-9,11-13,16H2,1H3. The van der Waals surface area contributed by atoms with Crippen molar-refractivity contribution in [2.24, 2.45) is 5.92 Å². The summed E-state index contributed by atoms with van der Waals surface area (Å²) in [6.45, 7) is 3.25. The van der Waals surface area contributed by atoms with Gasteiger partial charge in [-0.25, -0.2) is 0 Å². The van der Waals surface area contributed by atoms with Gasteiger partial charge in [-0.1, -0.05) is 18.2 Å². The largest absolute Gasteiger partial charge is 0.416 e. The first-order valence-electron chi connectivity index (χ1n) is 9.87. The lowest BCUT2D eigenvalue weighted by molar-refractivity contribution is -0.137. The van der Waals surface area contributed by atoms with Crippen LogP contribution in [-0.2, 0) is 12.6 Å². The van der Waals surface area contributed by atoms with Gasteiger partial charge in [0.2, 0.25) is 0 Å². The molecule has 7 heteroatoms. The van der Waals surface area contributed by atoms with Crippen LogP contribution in [0.15, 0.2) is 48.8 Å². The molecule has 0 atom stereocenters. The van der Waals surface area contributed by atoms with E-state index < -0.39 is 11.7 Å². The maximum absolute atomic E-state index is 12.8. The summed E-state index contributed by atoms with van der Waals surface area (Å²) in [7, 11) is 1.81. The second-order valence-electron chi connectivity index (χ2n) is 7.66. The summed E-state index contributed by atoms with van der Waals surface area (Å²) in [5.74, 6) is 0.413. The van der Waals surface area contributed by atoms with Gasteiger partial charge in [-0.3, -0.25) is 9.78 Å². The van der Waals surface area contributed by atoms with E-state index in [4.69, 9.17) is 0 Å². The maximum Gasteiger partial charge on any atom is 0.416 e. The fourth-order valence-electron chi connectivity index (χ4n) is 3.76. The molecule has 1 aromatic carbocycles. The third kappa shape index (κ3) is 6.03. The fraction of sp³-hybridized carbons (Fsp3) is 0.455. The van der Waals surface area contributed by atoms with E-state index in [1.165, 1.54) is 12.1 Å². The highest BCUT2D eigenvalue weighted by atomic mass is 19.4. The minimum absolute atomic E-state index is 0.0231. The smallest absolute Gasteiger partial charge is 0.341 e. The molecule has 29 heavy (non-hydrogen) atoms. The number of carbonyl (C=O) groups is 1. The Kier molecular flexibility index (Phi) is 6.90. The van der Waals surface area contributed by atoms with Crippen molar-refractivity contribution in [3.8, 4) is 0 Å². The highest BCUT2D eigenvalue weighted by Crippen LogP contribution is 2.29. The Balaban J connectivity index is 1.43. The molecule has 0 unspecified atom stereocenters. The van der Waals surface area contributed by atoms with E-state index >= 15 is 0 Å². The average Bonchev–Trinajstić information content (AvgIpc) is 2.73. The predicted octanol–water partition coefficient (Wildman–Crippen LogP) is 4.13. The quantitative estimate of drug-likeness (QED) is 0.725. The number of rotatable bonds is 6. The van der Waals surface area contributed by atoms with Crippen LogP contribution in [0.5, 0.6) is 0 Å². The van der Waals surface area contributed by atoms with Gasteiger partial charge in [-0.2, -0.15) is 13.2 Å². The second kappa shape index (κ2) is 9.39. The Labute approximate surface area is 169 Å². The van der Waals surface area contributed by atoms with Crippen LogP contribution in [0.25, 0.3) is 0 Å². The summed E-state index contributed by atoms with van der Waals surface area (Å²) < 4.78 is 38.5. The normalized spacial score (nSPS) is 16.0. The zero-order valence-electron chi connectivity index (χ0n) is 16.5. The van der Waals surface area contributed by atoms with Gasteiger partial charge < -0.3 is 9.80 Å². The number of alkyl halides is 3. The zero-order chi connectivity index (χ0) is 20.9. The van der Waals surface area contributed by atoms with Crippen LogP contribution in [0.1, 0.15) is 34.3 Å². The molecular weight excluding hydrogens is 379 g/mol. The molecule has 2 heterocycles. The van der Waals surface area contributed by atoms with E-state index in [1.54, 1.807) is 35.5 Å². The van der Waals surface area contributed by atoms with Gasteiger partial charge in [0.15, 0.2) is 0 Å². The number of nitrogens with zero attached hydrogens (tertiary/aromatic N) is 3. The molecular formula is C22H26F3N3O. The van der Waals surface area contributed by atoms with Gasteiger partial charge >= 0.3 is 6.18 Å². The Morgan fingerprint density at radius 2 is 1.97 bits per heavy atom. The van der Waals surface area contributed by atoms with E-state index in [2.05, 4.69) is 9.88 Å². The first-order valence-corrected chi connectivity index (χ1v) is 9.87. The molecule has 1 amide bonds. The first kappa shape index (κ1) is 21.3. The topological polar surface area (TPSA) is 36.4 Å². The van der Waals surface area contributed by atoms with Gasteiger partial charge in [0, 0.05) is 32.5 Å². The summed E-state index contributed by atoms with van der Waals surface area (Å²) in [6, 6.07) is 9.09. The SMILES string of the molecule is CN(CC1CCN(CCc2cccc(C(F)(F)F)c2)CC1)C(=O)c1cccnc1. The molecule has 1 aliphatic rings. The molecule has 4 nitrogen and oxygen atoms in total. The summed E-state index contributed by atoms with van der Waals surface area (Å²) in [5.41, 5.74) is 0.715. The van der Waals surface area contributed by atoms with E-state index in [-0.39, 0.29) is 5.91 Å². The van der Waals surface area contributed by atoms with Crippen molar-refractivity contribution < 1.29 is 18.0 Å². The fourth-order valence-corrected chi connectivity index (χ4v) is 3.76. The molecule has 1 aromatic heterocycles. The summed E-state index contributed by atoms with van der Waals surface area (Å²) in [4.78, 5) is 20.5. The molecule has 0 bridgehead atoms. The molecule has 2 aromatic rings. The number of amides is 1. The number of hydrogen-bond acceptors (Lipinski definition) is 3. The zero-order valence-corrected chi connectivity index (χ0v) is 16.5. The summed E-state index contributed by atoms with van der Waals surface area (Å²) >= 11 is 0. The number of aromatic nitrogens is 1. The number of piperidine rings is 1. The van der Waals surface area contributed by atoms with Gasteiger partial charge in [0.1, 0.15) is 0 Å². The molecule has 156 valence electrons. The van der Waals surface area contributed by atoms with Crippen molar-refractivity contribution in [2.75, 3.05) is 33.2 Å². The lowest BCUT2D eigenvalue weighted by Crippen LogP contribution is -2.40. The molecule has 0 radical (unpaired) electrons. The third-order valence-electron chi connectivity index (χ3n) is 5.47. The summed E-state index contributed by atoms with van der Waals surface area (Å²) in [6.07, 6.45) is 1.49. The predicted molar refractivity (Wildman–Crippen MR) is 106 cm³/mol. The van der Waals surface area contributed by atoms with Crippen LogP contribution in [0, 0.1) is 5.92 Å². The lowest BCUT2D eigenvalue weighted by atomic mass is 9.95. The highest BCUT2D eigenvalue weighted by Gasteiger charge is 2.30. The van der Waals surface area contributed by atoms with Gasteiger partial charge in [0.25, 0.3) is 5.91 Å². The molecule has 0 saturated carbocycles. The van der Waals surface area contributed by atoms with E-state index in [0.29, 0.717) is 30.0 Å². The molecule has 0 aliphatic carbocycles. The number of benzene rings is 1. The number of likely N-dealkylation sites (tertiary alicyclic amines) is 1. The molecule has 1 saturated heterocycles. The van der Waals surface area contributed by atoms with Crippen molar-refractivity contribution in [1.82, 2.24) is 14.8 Å². The summed E-state index contributed by atoms with van der Waals surface area (Å²) in [5, 5.41) is 0. The Bertz CT molecular complexity index is 802. The monoisotopic (exact) mass is 405 g/mol. The van der Waals surface area contributed by atoms with Crippen LogP contribution in [0.3, 0.4) is 0 Å². The number of carbonyl (C=O) groups excluding carboxylic acids is 1. The van der Waals surface area contributed by atoms with Crippen LogP contribution in [-0.4, -0.2) is 53.9 Å². The van der Waals surface area contributed by atoms with Crippen LogP contribution in [0.2, 0.25) is 0 Å². The van der Waals surface area contributed by atoms with E-state index in [9.17, 15) is 18.0 Å². The van der Waals surface area contributed by atoms with Gasteiger partial charge in [0.05, 0.1) is 11.1 Å². The van der Waals surface area contributed by atoms with Crippen molar-refractivity contribution in [1.29, 1.82) is 0 Å². The molecule has 0 N–H and O–H groups in total. The van der Waals surface area contributed by atoms with E-state index in [1.807, 2.05) is 7.05 Å². The third-order valence-corrected chi connectivity index (χ3v) is 5.47. The van der Waals surface area contributed by atoms with Crippen LogP contribution < -0.4 is 0 Å². The Morgan fingerprint density at radius 3 is 2.62 bits per heavy atom. The number of halogens is 3. The highest BCUT2D eigenvalue weighted by molar-refractivity contribution is 5.93. The minimum atomic E-state index is -4.30. The Morgan fingerprint density at radius 1 is 1.21 bits per heavy atom. The number of pyridine rings is 1. The van der Waals surface area contributed by atoms with Crippen molar-refractivity contribution in [2.45, 2.75) is 25.4 Å². The first-order chi connectivity index (χ1) is 13.8.